The van der Waals surface area contributed by atoms with E-state index in [1.165, 1.54) is 0 Å². The number of aryl methyl sites for hydroxylation is 2. The molecule has 1 aromatic heterocycles. The Hall–Kier alpha value is -0.830. The Bertz CT molecular complexity index is 247. The van der Waals surface area contributed by atoms with E-state index in [-0.39, 0.29) is 0 Å². The van der Waals surface area contributed by atoms with Gasteiger partial charge in [-0.15, -0.1) is 0 Å². The summed E-state index contributed by atoms with van der Waals surface area (Å²) in [4.78, 5) is 4.10. The summed E-state index contributed by atoms with van der Waals surface area (Å²) in [5, 5.41) is 9.47. The van der Waals surface area contributed by atoms with Gasteiger partial charge in [0.25, 0.3) is 0 Å². The smallest absolute Gasteiger partial charge is 0.105 e. The van der Waals surface area contributed by atoms with Crippen molar-refractivity contribution in [2.45, 2.75) is 39.3 Å². The molecule has 12 heavy (non-hydrogen) atoms. The second-order valence-corrected chi connectivity index (χ2v) is 3.73. The van der Waals surface area contributed by atoms with Crippen LogP contribution < -0.4 is 0 Å². The quantitative estimate of drug-likeness (QED) is 0.740. The number of rotatable bonds is 3. The molecular formula is C9H16N2O. The molecule has 0 saturated heterocycles. The Morgan fingerprint density at radius 1 is 1.58 bits per heavy atom. The summed E-state index contributed by atoms with van der Waals surface area (Å²) in [6.07, 6.45) is 4.46. The van der Waals surface area contributed by atoms with E-state index >= 15 is 0 Å². The third kappa shape index (κ3) is 2.66. The monoisotopic (exact) mass is 168 g/mol. The predicted molar refractivity (Wildman–Crippen MR) is 47.9 cm³/mol. The molecule has 3 heteroatoms. The minimum Gasteiger partial charge on any atom is -0.390 e. The van der Waals surface area contributed by atoms with Gasteiger partial charge in [-0.1, -0.05) is 0 Å². The highest BCUT2D eigenvalue weighted by molar-refractivity contribution is 4.88. The molecule has 0 radical (unpaired) electrons. The van der Waals surface area contributed by atoms with Crippen molar-refractivity contribution in [1.29, 1.82) is 0 Å². The minimum absolute atomic E-state index is 0.587. The average molecular weight is 168 g/mol. The molecular weight excluding hydrogens is 152 g/mol. The zero-order valence-corrected chi connectivity index (χ0v) is 7.91. The number of nitrogens with zero attached hydrogens (tertiary/aromatic N) is 2. The highest BCUT2D eigenvalue weighted by atomic mass is 16.3. The Balaban J connectivity index is 2.49. The first kappa shape index (κ1) is 9.26. The number of hydrogen-bond donors (Lipinski definition) is 1. The van der Waals surface area contributed by atoms with E-state index in [4.69, 9.17) is 0 Å². The number of aromatic nitrogens is 2. The van der Waals surface area contributed by atoms with Crippen LogP contribution in [0.2, 0.25) is 0 Å². The van der Waals surface area contributed by atoms with Crippen molar-refractivity contribution < 1.29 is 5.11 Å². The highest BCUT2D eigenvalue weighted by Crippen LogP contribution is 2.09. The fourth-order valence-corrected chi connectivity index (χ4v) is 1.03. The Labute approximate surface area is 73.1 Å². The first-order valence-corrected chi connectivity index (χ1v) is 4.19. The number of aliphatic hydroxyl groups is 1. The highest BCUT2D eigenvalue weighted by Gasteiger charge is 2.12. The van der Waals surface area contributed by atoms with Gasteiger partial charge < -0.3 is 9.67 Å². The van der Waals surface area contributed by atoms with Crippen molar-refractivity contribution in [2.24, 2.45) is 0 Å². The summed E-state index contributed by atoms with van der Waals surface area (Å²) in [5.41, 5.74) is -0.587. The van der Waals surface area contributed by atoms with E-state index in [1.54, 1.807) is 6.20 Å². The lowest BCUT2D eigenvalue weighted by molar-refractivity contribution is 0.0660. The SMILES string of the molecule is Cc1nccn1CCC(C)(C)O. The first-order valence-electron chi connectivity index (χ1n) is 4.19. The van der Waals surface area contributed by atoms with Crippen molar-refractivity contribution in [2.75, 3.05) is 0 Å². The molecule has 0 saturated carbocycles. The molecule has 3 nitrogen and oxygen atoms in total. The average Bonchev–Trinajstić information content (AvgIpc) is 2.29. The van der Waals surface area contributed by atoms with Gasteiger partial charge in [-0.25, -0.2) is 4.98 Å². The zero-order chi connectivity index (χ0) is 9.19. The summed E-state index contributed by atoms with van der Waals surface area (Å²) in [6.45, 7) is 6.43. The summed E-state index contributed by atoms with van der Waals surface area (Å²) in [6, 6.07) is 0. The molecule has 0 aliphatic rings. The van der Waals surface area contributed by atoms with Gasteiger partial charge in [0, 0.05) is 18.9 Å². The topological polar surface area (TPSA) is 38.0 Å². The molecule has 0 unspecified atom stereocenters. The van der Waals surface area contributed by atoms with Gasteiger partial charge >= 0.3 is 0 Å². The van der Waals surface area contributed by atoms with E-state index in [1.807, 2.05) is 31.5 Å². The van der Waals surface area contributed by atoms with E-state index in [2.05, 4.69) is 4.98 Å². The summed E-state index contributed by atoms with van der Waals surface area (Å²) < 4.78 is 2.04. The lowest BCUT2D eigenvalue weighted by Crippen LogP contribution is -2.21. The molecule has 1 heterocycles. The largest absolute Gasteiger partial charge is 0.390 e. The lowest BCUT2D eigenvalue weighted by atomic mass is 10.1. The van der Waals surface area contributed by atoms with Gasteiger partial charge in [0.1, 0.15) is 5.82 Å². The van der Waals surface area contributed by atoms with Gasteiger partial charge in [-0.3, -0.25) is 0 Å². The van der Waals surface area contributed by atoms with Crippen LogP contribution in [0.25, 0.3) is 0 Å². The molecule has 0 aliphatic heterocycles. The molecule has 0 amide bonds. The molecule has 0 bridgehead atoms. The van der Waals surface area contributed by atoms with E-state index in [0.29, 0.717) is 0 Å². The standard InChI is InChI=1S/C9H16N2O/c1-8-10-5-7-11(8)6-4-9(2,3)12/h5,7,12H,4,6H2,1-3H3. The maximum Gasteiger partial charge on any atom is 0.105 e. The lowest BCUT2D eigenvalue weighted by Gasteiger charge is -2.17. The Morgan fingerprint density at radius 3 is 2.67 bits per heavy atom. The van der Waals surface area contributed by atoms with Crippen LogP contribution in [0.15, 0.2) is 12.4 Å². The van der Waals surface area contributed by atoms with Crippen molar-refractivity contribution in [3.63, 3.8) is 0 Å². The van der Waals surface area contributed by atoms with Crippen LogP contribution in [0.5, 0.6) is 0 Å². The minimum atomic E-state index is -0.587. The van der Waals surface area contributed by atoms with Crippen LogP contribution in [0.3, 0.4) is 0 Å². The maximum absolute atomic E-state index is 9.47. The third-order valence-electron chi connectivity index (χ3n) is 1.89. The van der Waals surface area contributed by atoms with Crippen molar-refractivity contribution in [3.05, 3.63) is 18.2 Å². The maximum atomic E-state index is 9.47. The van der Waals surface area contributed by atoms with Crippen LogP contribution in [-0.2, 0) is 6.54 Å². The molecule has 1 aromatic rings. The zero-order valence-electron chi connectivity index (χ0n) is 7.91. The second kappa shape index (κ2) is 3.27. The second-order valence-electron chi connectivity index (χ2n) is 3.73. The normalized spacial score (nSPS) is 12.0. The van der Waals surface area contributed by atoms with E-state index < -0.39 is 5.60 Å². The van der Waals surface area contributed by atoms with Gasteiger partial charge in [0.05, 0.1) is 5.60 Å². The van der Waals surface area contributed by atoms with Gasteiger partial charge in [0.15, 0.2) is 0 Å². The van der Waals surface area contributed by atoms with Gasteiger partial charge in [-0.05, 0) is 27.2 Å². The molecule has 0 spiro atoms. The van der Waals surface area contributed by atoms with Crippen LogP contribution in [0, 0.1) is 6.92 Å². The molecule has 0 aromatic carbocycles. The predicted octanol–water partition coefficient (Wildman–Crippen LogP) is 1.35. The summed E-state index contributed by atoms with van der Waals surface area (Å²) >= 11 is 0. The van der Waals surface area contributed by atoms with Crippen LogP contribution >= 0.6 is 0 Å². The third-order valence-corrected chi connectivity index (χ3v) is 1.89. The van der Waals surface area contributed by atoms with Crippen LogP contribution in [0.4, 0.5) is 0 Å². The van der Waals surface area contributed by atoms with Gasteiger partial charge in [0.2, 0.25) is 0 Å². The molecule has 1 rings (SSSR count). The van der Waals surface area contributed by atoms with Crippen LogP contribution in [0.1, 0.15) is 26.1 Å². The molecule has 0 atom stereocenters. The Kier molecular flexibility index (Phi) is 2.52. The fraction of sp³-hybridized carbons (Fsp3) is 0.667. The van der Waals surface area contributed by atoms with Crippen molar-refractivity contribution in [1.82, 2.24) is 9.55 Å². The van der Waals surface area contributed by atoms with Gasteiger partial charge in [-0.2, -0.15) is 0 Å². The van der Waals surface area contributed by atoms with Crippen LogP contribution in [-0.4, -0.2) is 20.3 Å². The molecule has 0 aliphatic carbocycles. The first-order chi connectivity index (χ1) is 5.49. The van der Waals surface area contributed by atoms with Crippen molar-refractivity contribution in [3.8, 4) is 0 Å². The molecule has 0 fully saturated rings. The fourth-order valence-electron chi connectivity index (χ4n) is 1.03. The molecule has 1 N–H and O–H groups in total. The number of hydrogen-bond acceptors (Lipinski definition) is 2. The van der Waals surface area contributed by atoms with E-state index in [9.17, 15) is 5.11 Å². The molecule has 68 valence electrons. The van der Waals surface area contributed by atoms with E-state index in [0.717, 1.165) is 18.8 Å². The Morgan fingerprint density at radius 2 is 2.25 bits per heavy atom. The number of imidazole rings is 1. The summed E-state index contributed by atoms with van der Waals surface area (Å²) in [5.74, 6) is 0.999. The van der Waals surface area contributed by atoms with Crippen molar-refractivity contribution >= 4 is 0 Å². The summed E-state index contributed by atoms with van der Waals surface area (Å²) in [7, 11) is 0.